The van der Waals surface area contributed by atoms with Crippen LogP contribution < -0.4 is 15.2 Å². The van der Waals surface area contributed by atoms with E-state index in [2.05, 4.69) is 13.8 Å². The van der Waals surface area contributed by atoms with Gasteiger partial charge in [-0.05, 0) is 44.5 Å². The number of hydrogen-bond donors (Lipinski definition) is 1. The van der Waals surface area contributed by atoms with E-state index in [-0.39, 0.29) is 12.0 Å². The van der Waals surface area contributed by atoms with E-state index < -0.39 is 5.60 Å². The van der Waals surface area contributed by atoms with Crippen molar-refractivity contribution in [3.63, 3.8) is 0 Å². The summed E-state index contributed by atoms with van der Waals surface area (Å²) < 4.78 is 11.8. The lowest BCUT2D eigenvalue weighted by atomic mass is 9.75. The number of benzene rings is 2. The maximum Gasteiger partial charge on any atom is 0.128 e. The van der Waals surface area contributed by atoms with E-state index in [9.17, 15) is 0 Å². The Labute approximate surface area is 142 Å². The van der Waals surface area contributed by atoms with Crippen LogP contribution in [0.4, 0.5) is 0 Å². The van der Waals surface area contributed by atoms with Gasteiger partial charge < -0.3 is 15.2 Å². The molecule has 23 heavy (non-hydrogen) atoms. The molecule has 0 saturated heterocycles. The van der Waals surface area contributed by atoms with Crippen molar-refractivity contribution in [1.82, 2.24) is 0 Å². The molecule has 0 radical (unpaired) electrons. The zero-order valence-electron chi connectivity index (χ0n) is 13.7. The van der Waals surface area contributed by atoms with Crippen molar-refractivity contribution in [2.75, 3.05) is 6.61 Å². The molecule has 0 aliphatic carbocycles. The van der Waals surface area contributed by atoms with E-state index in [1.54, 1.807) is 0 Å². The summed E-state index contributed by atoms with van der Waals surface area (Å²) in [4.78, 5) is 0. The molecule has 122 valence electrons. The Kier molecular flexibility index (Phi) is 4.26. The van der Waals surface area contributed by atoms with Crippen LogP contribution in [0.5, 0.6) is 11.5 Å². The van der Waals surface area contributed by atoms with Crippen molar-refractivity contribution in [3.8, 4) is 11.5 Å². The van der Waals surface area contributed by atoms with Gasteiger partial charge in [0.1, 0.15) is 17.1 Å². The van der Waals surface area contributed by atoms with E-state index in [0.29, 0.717) is 6.61 Å². The van der Waals surface area contributed by atoms with E-state index >= 15 is 0 Å². The molecule has 0 saturated carbocycles. The highest BCUT2D eigenvalue weighted by Crippen LogP contribution is 2.48. The van der Waals surface area contributed by atoms with Crippen molar-refractivity contribution in [3.05, 3.63) is 58.6 Å². The minimum Gasteiger partial charge on any atom is -0.494 e. The molecule has 2 unspecified atom stereocenters. The van der Waals surface area contributed by atoms with Crippen LogP contribution in [-0.4, -0.2) is 12.2 Å². The molecule has 1 aliphatic rings. The quantitative estimate of drug-likeness (QED) is 0.887. The van der Waals surface area contributed by atoms with E-state index in [1.807, 2.05) is 49.4 Å². The molecule has 3 nitrogen and oxygen atoms in total. The highest BCUT2D eigenvalue weighted by Gasteiger charge is 2.43. The molecule has 2 aromatic carbocycles. The zero-order chi connectivity index (χ0) is 16.6. The normalized spacial score (nSPS) is 22.1. The predicted octanol–water partition coefficient (Wildman–Crippen LogP) is 4.69. The predicted molar refractivity (Wildman–Crippen MR) is 93.4 cm³/mol. The van der Waals surface area contributed by atoms with Gasteiger partial charge in [0.2, 0.25) is 0 Å². The Balaban J connectivity index is 2.02. The molecule has 0 fully saturated rings. The van der Waals surface area contributed by atoms with Crippen LogP contribution in [0.1, 0.15) is 43.9 Å². The third-order valence-corrected chi connectivity index (χ3v) is 4.62. The number of rotatable bonds is 3. The summed E-state index contributed by atoms with van der Waals surface area (Å²) in [5.74, 6) is 1.66. The van der Waals surface area contributed by atoms with E-state index in [0.717, 1.165) is 27.6 Å². The summed E-state index contributed by atoms with van der Waals surface area (Å²) in [5.41, 5.74) is 8.32. The summed E-state index contributed by atoms with van der Waals surface area (Å²) in [6.45, 7) is 6.74. The van der Waals surface area contributed by atoms with Gasteiger partial charge >= 0.3 is 0 Å². The Morgan fingerprint density at radius 1 is 1.17 bits per heavy atom. The van der Waals surface area contributed by atoms with Gasteiger partial charge in [-0.1, -0.05) is 29.8 Å². The minimum atomic E-state index is -0.426. The largest absolute Gasteiger partial charge is 0.494 e. The Hall–Kier alpha value is -1.71. The number of ether oxygens (including phenoxy) is 2. The fourth-order valence-corrected chi connectivity index (χ4v) is 3.50. The summed E-state index contributed by atoms with van der Waals surface area (Å²) in [6.07, 6.45) is 0. The molecule has 0 aromatic heterocycles. The van der Waals surface area contributed by atoms with Crippen LogP contribution in [0.2, 0.25) is 5.02 Å². The first kappa shape index (κ1) is 16.2. The van der Waals surface area contributed by atoms with Crippen molar-refractivity contribution in [2.24, 2.45) is 5.73 Å². The molecule has 0 amide bonds. The van der Waals surface area contributed by atoms with Gasteiger partial charge in [0.15, 0.2) is 0 Å². The SMILES string of the molecule is CCOc1ccc2c(c1)OC(C)(C)C(c1ccc(Cl)cc1)C2N. The average Bonchev–Trinajstić information content (AvgIpc) is 2.48. The Bertz CT molecular complexity index is 697. The standard InChI is InChI=1S/C19H22ClNO2/c1-4-22-14-9-10-15-16(11-14)23-19(2,3)17(18(15)21)12-5-7-13(20)8-6-12/h5-11,17-18H,4,21H2,1-3H3. The lowest BCUT2D eigenvalue weighted by Crippen LogP contribution is -2.45. The average molecular weight is 332 g/mol. The van der Waals surface area contributed by atoms with Gasteiger partial charge in [0, 0.05) is 28.6 Å². The molecule has 3 rings (SSSR count). The maximum absolute atomic E-state index is 6.61. The molecule has 2 N–H and O–H groups in total. The van der Waals surface area contributed by atoms with Gasteiger partial charge in [-0.2, -0.15) is 0 Å². The van der Waals surface area contributed by atoms with Gasteiger partial charge in [0.25, 0.3) is 0 Å². The molecular formula is C19H22ClNO2. The molecule has 2 atom stereocenters. The lowest BCUT2D eigenvalue weighted by molar-refractivity contribution is 0.0475. The molecule has 4 heteroatoms. The fourth-order valence-electron chi connectivity index (χ4n) is 3.37. The molecule has 1 heterocycles. The third kappa shape index (κ3) is 3.04. The van der Waals surface area contributed by atoms with Crippen LogP contribution in [0.3, 0.4) is 0 Å². The van der Waals surface area contributed by atoms with E-state index in [1.165, 1.54) is 0 Å². The van der Waals surface area contributed by atoms with Crippen molar-refractivity contribution in [2.45, 2.75) is 38.3 Å². The third-order valence-electron chi connectivity index (χ3n) is 4.37. The minimum absolute atomic E-state index is 0.0465. The zero-order valence-corrected chi connectivity index (χ0v) is 14.4. The second-order valence-electron chi connectivity index (χ2n) is 6.39. The number of nitrogens with two attached hydrogens (primary N) is 1. The van der Waals surface area contributed by atoms with Crippen LogP contribution in [0.15, 0.2) is 42.5 Å². The van der Waals surface area contributed by atoms with Gasteiger partial charge in [-0.15, -0.1) is 0 Å². The fraction of sp³-hybridized carbons (Fsp3) is 0.368. The van der Waals surface area contributed by atoms with Crippen LogP contribution in [0.25, 0.3) is 0 Å². The first-order valence-corrected chi connectivity index (χ1v) is 8.27. The highest BCUT2D eigenvalue weighted by molar-refractivity contribution is 6.30. The molecular weight excluding hydrogens is 310 g/mol. The molecule has 0 bridgehead atoms. The van der Waals surface area contributed by atoms with E-state index in [4.69, 9.17) is 26.8 Å². The Morgan fingerprint density at radius 2 is 1.87 bits per heavy atom. The lowest BCUT2D eigenvalue weighted by Gasteiger charge is -2.44. The smallest absolute Gasteiger partial charge is 0.128 e. The van der Waals surface area contributed by atoms with Crippen LogP contribution >= 0.6 is 11.6 Å². The molecule has 0 spiro atoms. The summed E-state index contributed by atoms with van der Waals surface area (Å²) in [7, 11) is 0. The monoisotopic (exact) mass is 331 g/mol. The highest BCUT2D eigenvalue weighted by atomic mass is 35.5. The van der Waals surface area contributed by atoms with Crippen LogP contribution in [0, 0.1) is 0 Å². The van der Waals surface area contributed by atoms with Crippen molar-refractivity contribution in [1.29, 1.82) is 0 Å². The first-order valence-electron chi connectivity index (χ1n) is 7.89. The van der Waals surface area contributed by atoms with Crippen LogP contribution in [-0.2, 0) is 0 Å². The first-order chi connectivity index (χ1) is 10.9. The van der Waals surface area contributed by atoms with Gasteiger partial charge in [-0.3, -0.25) is 0 Å². The van der Waals surface area contributed by atoms with Crippen molar-refractivity contribution >= 4 is 11.6 Å². The number of hydrogen-bond acceptors (Lipinski definition) is 3. The number of fused-ring (bicyclic) bond motifs is 1. The van der Waals surface area contributed by atoms with Gasteiger partial charge in [-0.25, -0.2) is 0 Å². The molecule has 1 aliphatic heterocycles. The second-order valence-corrected chi connectivity index (χ2v) is 6.83. The summed E-state index contributed by atoms with van der Waals surface area (Å²) in [6, 6.07) is 13.6. The van der Waals surface area contributed by atoms with Crippen molar-refractivity contribution < 1.29 is 9.47 Å². The summed E-state index contributed by atoms with van der Waals surface area (Å²) >= 11 is 6.01. The molecule has 2 aromatic rings. The maximum atomic E-state index is 6.61. The van der Waals surface area contributed by atoms with Gasteiger partial charge in [0.05, 0.1) is 6.61 Å². The number of halogens is 1. The Morgan fingerprint density at radius 3 is 2.52 bits per heavy atom. The second kappa shape index (κ2) is 6.06. The topological polar surface area (TPSA) is 44.5 Å². The summed E-state index contributed by atoms with van der Waals surface area (Å²) in [5, 5.41) is 0.721.